The summed E-state index contributed by atoms with van der Waals surface area (Å²) >= 11 is 3.04. The van der Waals surface area contributed by atoms with Gasteiger partial charge in [-0.15, -0.1) is 11.3 Å². The van der Waals surface area contributed by atoms with Crippen LogP contribution >= 0.6 is 23.1 Å². The molecule has 0 atom stereocenters. The van der Waals surface area contributed by atoms with Crippen LogP contribution in [0, 0.1) is 0 Å². The van der Waals surface area contributed by atoms with Gasteiger partial charge in [-0.05, 0) is 19.1 Å². The normalized spacial score (nSPS) is 10.2. The lowest BCUT2D eigenvalue weighted by Gasteiger charge is -2.09. The summed E-state index contributed by atoms with van der Waals surface area (Å²) in [5.41, 5.74) is 0.621. The highest BCUT2D eigenvalue weighted by Gasteiger charge is 2.15. The maximum absolute atomic E-state index is 11.7. The Balaban J connectivity index is 2.42. The smallest absolute Gasteiger partial charge is 0.164 e. The van der Waals surface area contributed by atoms with E-state index in [-0.39, 0.29) is 5.78 Å². The second-order valence-corrected chi connectivity index (χ2v) is 5.47. The molecule has 0 aliphatic rings. The van der Waals surface area contributed by atoms with Crippen molar-refractivity contribution in [3.05, 3.63) is 35.3 Å². The number of benzene rings is 1. The number of Topliss-reactive ketones (excluding diaryl/α,β-unsaturated/α-hetero) is 1. The molecule has 0 bridgehead atoms. The summed E-state index contributed by atoms with van der Waals surface area (Å²) in [7, 11) is 1.57. The van der Waals surface area contributed by atoms with Crippen molar-refractivity contribution < 1.29 is 9.53 Å². The van der Waals surface area contributed by atoms with Gasteiger partial charge in [-0.25, -0.2) is 4.98 Å². The summed E-state index contributed by atoms with van der Waals surface area (Å²) in [6, 6.07) is 5.58. The van der Waals surface area contributed by atoms with E-state index in [1.165, 1.54) is 11.8 Å². The Kier molecular flexibility index (Phi) is 3.81. The molecule has 0 unspecified atom stereocenters. The van der Waals surface area contributed by atoms with E-state index >= 15 is 0 Å². The molecule has 88 valence electrons. The second kappa shape index (κ2) is 5.33. The number of hydrogen-bond donors (Lipinski definition) is 0. The van der Waals surface area contributed by atoms with Crippen molar-refractivity contribution in [3.63, 3.8) is 0 Å². The van der Waals surface area contributed by atoms with Crippen molar-refractivity contribution in [1.82, 2.24) is 4.98 Å². The van der Waals surface area contributed by atoms with Gasteiger partial charge in [-0.2, -0.15) is 0 Å². The predicted molar refractivity (Wildman–Crippen MR) is 69.2 cm³/mol. The monoisotopic (exact) mass is 265 g/mol. The zero-order chi connectivity index (χ0) is 12.3. The van der Waals surface area contributed by atoms with Gasteiger partial charge >= 0.3 is 0 Å². The fourth-order valence-corrected chi connectivity index (χ4v) is 3.25. The molecular weight excluding hydrogens is 254 g/mol. The van der Waals surface area contributed by atoms with Crippen LogP contribution < -0.4 is 4.74 Å². The van der Waals surface area contributed by atoms with E-state index in [9.17, 15) is 4.79 Å². The van der Waals surface area contributed by atoms with E-state index in [4.69, 9.17) is 4.74 Å². The molecule has 0 spiro atoms. The molecule has 1 aromatic heterocycles. The zero-order valence-electron chi connectivity index (χ0n) is 9.47. The zero-order valence-corrected chi connectivity index (χ0v) is 11.1. The Morgan fingerprint density at radius 1 is 1.47 bits per heavy atom. The predicted octanol–water partition coefficient (Wildman–Crippen LogP) is 3.51. The molecule has 0 N–H and O–H groups in total. The molecule has 0 saturated heterocycles. The highest BCUT2D eigenvalue weighted by atomic mass is 32.2. The Morgan fingerprint density at radius 3 is 2.88 bits per heavy atom. The Bertz CT molecular complexity index is 523. The van der Waals surface area contributed by atoms with E-state index < -0.39 is 0 Å². The van der Waals surface area contributed by atoms with Gasteiger partial charge in [-0.3, -0.25) is 4.79 Å². The van der Waals surface area contributed by atoms with Gasteiger partial charge in [0.2, 0.25) is 0 Å². The molecule has 0 saturated carbocycles. The Labute approximate surface area is 108 Å². The number of ketones is 1. The van der Waals surface area contributed by atoms with E-state index in [0.717, 1.165) is 9.24 Å². The first-order valence-electron chi connectivity index (χ1n) is 4.97. The van der Waals surface area contributed by atoms with Gasteiger partial charge in [0, 0.05) is 16.5 Å². The highest BCUT2D eigenvalue weighted by molar-refractivity contribution is 8.01. The molecule has 0 aliphatic carbocycles. The van der Waals surface area contributed by atoms with Crippen LogP contribution in [0.25, 0.3) is 0 Å². The van der Waals surface area contributed by atoms with E-state index in [2.05, 4.69) is 4.98 Å². The van der Waals surface area contributed by atoms with Crippen molar-refractivity contribution >= 4 is 28.9 Å². The molecule has 1 heterocycles. The fraction of sp³-hybridized carbons (Fsp3) is 0.167. The van der Waals surface area contributed by atoms with Crippen molar-refractivity contribution in [1.29, 1.82) is 0 Å². The van der Waals surface area contributed by atoms with Crippen molar-refractivity contribution in [2.45, 2.75) is 16.2 Å². The average molecular weight is 265 g/mol. The maximum Gasteiger partial charge on any atom is 0.164 e. The van der Waals surface area contributed by atoms with Gasteiger partial charge in [0.1, 0.15) is 5.75 Å². The number of nitrogens with zero attached hydrogens (tertiary/aromatic N) is 1. The summed E-state index contributed by atoms with van der Waals surface area (Å²) in [6.07, 6.45) is 1.75. The summed E-state index contributed by atoms with van der Waals surface area (Å²) in [6.45, 7) is 1.55. The number of methoxy groups -OCH3 is 1. The third-order valence-electron chi connectivity index (χ3n) is 2.17. The first kappa shape index (κ1) is 12.1. The van der Waals surface area contributed by atoms with Crippen LogP contribution in [0.15, 0.2) is 39.0 Å². The number of aromatic nitrogens is 1. The molecule has 2 rings (SSSR count). The van der Waals surface area contributed by atoms with Crippen LogP contribution in [0.2, 0.25) is 0 Å². The summed E-state index contributed by atoms with van der Waals surface area (Å²) in [5, 5.41) is 1.91. The molecule has 3 nitrogen and oxygen atoms in total. The van der Waals surface area contributed by atoms with E-state index in [1.807, 2.05) is 17.5 Å². The van der Waals surface area contributed by atoms with Gasteiger partial charge < -0.3 is 4.74 Å². The SMILES string of the molecule is COc1cccc(Sc2nccs2)c1C(C)=O. The lowest BCUT2D eigenvalue weighted by atomic mass is 10.1. The lowest BCUT2D eigenvalue weighted by molar-refractivity contribution is 0.101. The van der Waals surface area contributed by atoms with Crippen LogP contribution in [-0.2, 0) is 0 Å². The number of hydrogen-bond acceptors (Lipinski definition) is 5. The molecular formula is C12H11NO2S2. The van der Waals surface area contributed by atoms with E-state index in [1.54, 1.807) is 37.6 Å². The molecule has 0 radical (unpaired) electrons. The van der Waals surface area contributed by atoms with Crippen LogP contribution in [0.5, 0.6) is 5.75 Å². The number of ether oxygens (including phenoxy) is 1. The van der Waals surface area contributed by atoms with Crippen LogP contribution in [0.1, 0.15) is 17.3 Å². The number of carbonyl (C=O) groups is 1. The Morgan fingerprint density at radius 2 is 2.29 bits per heavy atom. The molecule has 0 aliphatic heterocycles. The summed E-state index contributed by atoms with van der Waals surface area (Å²) < 4.78 is 6.13. The Hall–Kier alpha value is -1.33. The lowest BCUT2D eigenvalue weighted by Crippen LogP contribution is -1.99. The van der Waals surface area contributed by atoms with Gasteiger partial charge in [0.15, 0.2) is 10.1 Å². The standard InChI is InChI=1S/C12H11NO2S2/c1-8(14)11-9(15-2)4-3-5-10(11)17-12-13-6-7-16-12/h3-7H,1-2H3. The summed E-state index contributed by atoms with van der Waals surface area (Å²) in [4.78, 5) is 16.7. The molecule has 2 aromatic rings. The minimum absolute atomic E-state index is 0.00139. The number of rotatable bonds is 4. The second-order valence-electron chi connectivity index (χ2n) is 3.29. The molecule has 1 aromatic carbocycles. The van der Waals surface area contributed by atoms with Gasteiger partial charge in [-0.1, -0.05) is 17.8 Å². The van der Waals surface area contributed by atoms with Crippen molar-refractivity contribution in [3.8, 4) is 5.75 Å². The first-order valence-corrected chi connectivity index (χ1v) is 6.67. The van der Waals surface area contributed by atoms with E-state index in [0.29, 0.717) is 11.3 Å². The third-order valence-corrected chi connectivity index (χ3v) is 4.11. The molecule has 0 amide bonds. The van der Waals surface area contributed by atoms with Crippen LogP contribution in [-0.4, -0.2) is 17.9 Å². The minimum atomic E-state index is 0.00139. The quantitative estimate of drug-likeness (QED) is 0.793. The van der Waals surface area contributed by atoms with Crippen LogP contribution in [0.4, 0.5) is 0 Å². The van der Waals surface area contributed by atoms with Crippen LogP contribution in [0.3, 0.4) is 0 Å². The summed E-state index contributed by atoms with van der Waals surface area (Å²) in [5.74, 6) is 0.612. The van der Waals surface area contributed by atoms with Crippen molar-refractivity contribution in [2.75, 3.05) is 7.11 Å². The molecule has 17 heavy (non-hydrogen) atoms. The largest absolute Gasteiger partial charge is 0.496 e. The highest BCUT2D eigenvalue weighted by Crippen LogP contribution is 2.35. The molecule has 5 heteroatoms. The number of thiazole rings is 1. The fourth-order valence-electron chi connectivity index (χ4n) is 1.47. The van der Waals surface area contributed by atoms with Gasteiger partial charge in [0.05, 0.1) is 12.7 Å². The van der Waals surface area contributed by atoms with Crippen molar-refractivity contribution in [2.24, 2.45) is 0 Å². The maximum atomic E-state index is 11.7. The van der Waals surface area contributed by atoms with Gasteiger partial charge in [0.25, 0.3) is 0 Å². The third kappa shape index (κ3) is 2.68. The number of carbonyl (C=O) groups excluding carboxylic acids is 1. The molecule has 0 fully saturated rings. The minimum Gasteiger partial charge on any atom is -0.496 e. The topological polar surface area (TPSA) is 39.2 Å². The first-order chi connectivity index (χ1) is 8.22. The average Bonchev–Trinajstić information content (AvgIpc) is 2.81.